The number of anilines is 1. The van der Waals surface area contributed by atoms with Gasteiger partial charge in [-0.1, -0.05) is 42.5 Å². The molecule has 2 nitrogen and oxygen atoms in total. The lowest BCUT2D eigenvalue weighted by Gasteiger charge is -2.25. The number of hydrogen-bond donors (Lipinski definition) is 2. The molecule has 0 fully saturated rings. The van der Waals surface area contributed by atoms with Crippen molar-refractivity contribution in [1.82, 2.24) is 0 Å². The quantitative estimate of drug-likeness (QED) is 0.874. The molecule has 1 unspecified atom stereocenters. The van der Waals surface area contributed by atoms with Crippen molar-refractivity contribution in [3.63, 3.8) is 0 Å². The van der Waals surface area contributed by atoms with Gasteiger partial charge < -0.3 is 10.4 Å². The summed E-state index contributed by atoms with van der Waals surface area (Å²) < 4.78 is 0. The Morgan fingerprint density at radius 1 is 1.05 bits per heavy atom. The Kier molecular flexibility index (Phi) is 3.91. The summed E-state index contributed by atoms with van der Waals surface area (Å²) >= 11 is 0. The summed E-state index contributed by atoms with van der Waals surface area (Å²) in [6, 6.07) is 16.0. The van der Waals surface area contributed by atoms with Crippen LogP contribution in [0, 0.1) is 13.8 Å². The van der Waals surface area contributed by atoms with E-state index in [-0.39, 0.29) is 0 Å². The number of aryl methyl sites for hydroxylation is 2. The zero-order valence-electron chi connectivity index (χ0n) is 11.8. The first kappa shape index (κ1) is 13.6. The predicted molar refractivity (Wildman–Crippen MR) is 80.4 cm³/mol. The lowest BCUT2D eigenvalue weighted by atomic mass is 9.96. The maximum Gasteiger partial charge on any atom is 0.104 e. The first-order valence-corrected chi connectivity index (χ1v) is 6.58. The molecule has 2 aromatic rings. The van der Waals surface area contributed by atoms with Crippen LogP contribution in [-0.2, 0) is 5.60 Å². The molecule has 0 aliphatic rings. The van der Waals surface area contributed by atoms with Crippen LogP contribution < -0.4 is 5.32 Å². The van der Waals surface area contributed by atoms with Gasteiger partial charge in [-0.25, -0.2) is 0 Å². The third kappa shape index (κ3) is 3.36. The molecular formula is C17H21NO. The number of nitrogens with one attached hydrogen (secondary N) is 1. The van der Waals surface area contributed by atoms with Crippen LogP contribution in [0.25, 0.3) is 0 Å². The second kappa shape index (κ2) is 5.45. The van der Waals surface area contributed by atoms with E-state index in [4.69, 9.17) is 0 Å². The van der Waals surface area contributed by atoms with Crippen molar-refractivity contribution in [3.8, 4) is 0 Å². The van der Waals surface area contributed by atoms with Gasteiger partial charge in [-0.05, 0) is 43.5 Å². The molecule has 0 heterocycles. The van der Waals surface area contributed by atoms with Gasteiger partial charge in [-0.3, -0.25) is 0 Å². The van der Waals surface area contributed by atoms with Gasteiger partial charge >= 0.3 is 0 Å². The highest BCUT2D eigenvalue weighted by atomic mass is 16.3. The molecular weight excluding hydrogens is 234 g/mol. The first-order chi connectivity index (χ1) is 8.99. The molecule has 0 radical (unpaired) electrons. The Morgan fingerprint density at radius 2 is 1.74 bits per heavy atom. The van der Waals surface area contributed by atoms with Crippen LogP contribution in [0.15, 0.2) is 48.5 Å². The Labute approximate surface area is 115 Å². The second-order valence-corrected chi connectivity index (χ2v) is 5.31. The van der Waals surface area contributed by atoms with Crippen LogP contribution in [0.3, 0.4) is 0 Å². The Morgan fingerprint density at radius 3 is 2.42 bits per heavy atom. The van der Waals surface area contributed by atoms with Gasteiger partial charge in [0.1, 0.15) is 5.60 Å². The van der Waals surface area contributed by atoms with Crippen LogP contribution in [0.2, 0.25) is 0 Å². The van der Waals surface area contributed by atoms with E-state index in [1.165, 1.54) is 11.1 Å². The number of benzene rings is 2. The normalized spacial score (nSPS) is 13.9. The molecule has 0 spiro atoms. The minimum Gasteiger partial charge on any atom is -0.384 e. The SMILES string of the molecule is Cc1ccc(C)c(NCC(C)(O)c2ccccc2)c1. The van der Waals surface area contributed by atoms with Crippen molar-refractivity contribution in [2.75, 3.05) is 11.9 Å². The molecule has 0 aliphatic carbocycles. The number of aliphatic hydroxyl groups is 1. The lowest BCUT2D eigenvalue weighted by molar-refractivity contribution is 0.0715. The lowest BCUT2D eigenvalue weighted by Crippen LogP contribution is -2.30. The molecule has 2 aromatic carbocycles. The maximum absolute atomic E-state index is 10.5. The molecule has 0 saturated carbocycles. The summed E-state index contributed by atoms with van der Waals surface area (Å²) in [6.45, 7) is 6.46. The average molecular weight is 255 g/mol. The van der Waals surface area contributed by atoms with Crippen LogP contribution in [0.1, 0.15) is 23.6 Å². The topological polar surface area (TPSA) is 32.3 Å². The zero-order valence-corrected chi connectivity index (χ0v) is 11.8. The monoisotopic (exact) mass is 255 g/mol. The molecule has 0 aromatic heterocycles. The van der Waals surface area contributed by atoms with Crippen molar-refractivity contribution in [1.29, 1.82) is 0 Å². The van der Waals surface area contributed by atoms with Gasteiger partial charge in [0.15, 0.2) is 0 Å². The third-order valence-electron chi connectivity index (χ3n) is 3.41. The van der Waals surface area contributed by atoms with E-state index in [1.54, 1.807) is 0 Å². The number of rotatable bonds is 4. The molecule has 0 bridgehead atoms. The Hall–Kier alpha value is -1.80. The van der Waals surface area contributed by atoms with Crippen molar-refractivity contribution < 1.29 is 5.11 Å². The molecule has 0 saturated heterocycles. The van der Waals surface area contributed by atoms with E-state index in [2.05, 4.69) is 37.4 Å². The van der Waals surface area contributed by atoms with E-state index < -0.39 is 5.60 Å². The second-order valence-electron chi connectivity index (χ2n) is 5.31. The van der Waals surface area contributed by atoms with E-state index in [9.17, 15) is 5.11 Å². The molecule has 0 amide bonds. The molecule has 100 valence electrons. The molecule has 1 atom stereocenters. The van der Waals surface area contributed by atoms with Gasteiger partial charge in [-0.15, -0.1) is 0 Å². The predicted octanol–water partition coefficient (Wildman–Crippen LogP) is 3.62. The fourth-order valence-corrected chi connectivity index (χ4v) is 2.09. The smallest absolute Gasteiger partial charge is 0.104 e. The van der Waals surface area contributed by atoms with Crippen LogP contribution in [0.4, 0.5) is 5.69 Å². The summed E-state index contributed by atoms with van der Waals surface area (Å²) in [5, 5.41) is 13.9. The Bertz CT molecular complexity index is 546. The minimum absolute atomic E-state index is 0.487. The summed E-state index contributed by atoms with van der Waals surface area (Å²) in [7, 11) is 0. The summed E-state index contributed by atoms with van der Waals surface area (Å²) in [6.07, 6.45) is 0. The van der Waals surface area contributed by atoms with Crippen molar-refractivity contribution in [2.24, 2.45) is 0 Å². The molecule has 2 heteroatoms. The fraction of sp³-hybridized carbons (Fsp3) is 0.294. The highest BCUT2D eigenvalue weighted by Gasteiger charge is 2.22. The zero-order chi connectivity index (χ0) is 13.9. The van der Waals surface area contributed by atoms with E-state index >= 15 is 0 Å². The van der Waals surface area contributed by atoms with Gasteiger partial charge in [0.2, 0.25) is 0 Å². The number of hydrogen-bond acceptors (Lipinski definition) is 2. The molecule has 0 aliphatic heterocycles. The van der Waals surface area contributed by atoms with Gasteiger partial charge in [0, 0.05) is 12.2 Å². The summed E-state index contributed by atoms with van der Waals surface area (Å²) in [4.78, 5) is 0. The summed E-state index contributed by atoms with van der Waals surface area (Å²) in [5.41, 5.74) is 3.53. The van der Waals surface area contributed by atoms with E-state index in [1.807, 2.05) is 37.3 Å². The van der Waals surface area contributed by atoms with Gasteiger partial charge in [0.25, 0.3) is 0 Å². The highest BCUT2D eigenvalue weighted by Crippen LogP contribution is 2.23. The van der Waals surface area contributed by atoms with Crippen molar-refractivity contribution in [3.05, 3.63) is 65.2 Å². The minimum atomic E-state index is -0.878. The summed E-state index contributed by atoms with van der Waals surface area (Å²) in [5.74, 6) is 0. The van der Waals surface area contributed by atoms with Gasteiger partial charge in [-0.2, -0.15) is 0 Å². The van der Waals surface area contributed by atoms with Crippen LogP contribution in [0.5, 0.6) is 0 Å². The van der Waals surface area contributed by atoms with Crippen molar-refractivity contribution >= 4 is 5.69 Å². The molecule has 2 N–H and O–H groups in total. The van der Waals surface area contributed by atoms with Crippen LogP contribution in [-0.4, -0.2) is 11.7 Å². The van der Waals surface area contributed by atoms with E-state index in [0.717, 1.165) is 11.3 Å². The highest BCUT2D eigenvalue weighted by molar-refractivity contribution is 5.52. The van der Waals surface area contributed by atoms with Gasteiger partial charge in [0.05, 0.1) is 0 Å². The molecule has 19 heavy (non-hydrogen) atoms. The average Bonchev–Trinajstić information content (AvgIpc) is 2.41. The van der Waals surface area contributed by atoms with E-state index in [0.29, 0.717) is 6.54 Å². The molecule has 2 rings (SSSR count). The largest absolute Gasteiger partial charge is 0.384 e. The Balaban J connectivity index is 2.12. The van der Waals surface area contributed by atoms with Crippen LogP contribution >= 0.6 is 0 Å². The first-order valence-electron chi connectivity index (χ1n) is 6.58. The third-order valence-corrected chi connectivity index (χ3v) is 3.41. The standard InChI is InChI=1S/C17H21NO/c1-13-9-10-14(2)16(11-13)18-12-17(3,19)15-7-5-4-6-8-15/h4-11,18-19H,12H2,1-3H3. The maximum atomic E-state index is 10.5. The fourth-order valence-electron chi connectivity index (χ4n) is 2.09. The van der Waals surface area contributed by atoms with Crippen molar-refractivity contribution in [2.45, 2.75) is 26.4 Å².